The van der Waals surface area contributed by atoms with Crippen molar-refractivity contribution >= 4 is 29.1 Å². The van der Waals surface area contributed by atoms with Crippen molar-refractivity contribution < 1.29 is 14.3 Å². The number of ketones is 1. The minimum Gasteiger partial charge on any atom is -0.482 e. The number of amides is 1. The van der Waals surface area contributed by atoms with Gasteiger partial charge >= 0.3 is 0 Å². The molecule has 25 heavy (non-hydrogen) atoms. The van der Waals surface area contributed by atoms with E-state index in [9.17, 15) is 9.59 Å². The average molecular weight is 358 g/mol. The van der Waals surface area contributed by atoms with Gasteiger partial charge in [-0.1, -0.05) is 17.8 Å². The second kappa shape index (κ2) is 7.10. The first-order valence-corrected chi connectivity index (χ1v) is 8.66. The number of nitrogens with zero attached hydrogens (tertiary/aromatic N) is 3. The van der Waals surface area contributed by atoms with E-state index in [-0.39, 0.29) is 23.5 Å². The van der Waals surface area contributed by atoms with Gasteiger partial charge in [0, 0.05) is 12.1 Å². The molecule has 2 aromatic rings. The maximum absolute atomic E-state index is 12.7. The Morgan fingerprint density at radius 1 is 1.52 bits per heavy atom. The van der Waals surface area contributed by atoms with E-state index in [2.05, 4.69) is 22.1 Å². The van der Waals surface area contributed by atoms with Gasteiger partial charge in [-0.05, 0) is 32.0 Å². The maximum Gasteiger partial charge on any atom is 0.262 e. The van der Waals surface area contributed by atoms with Gasteiger partial charge in [-0.3, -0.25) is 9.59 Å². The van der Waals surface area contributed by atoms with Crippen molar-refractivity contribution in [1.82, 2.24) is 14.8 Å². The molecule has 1 N–H and O–H groups in total. The van der Waals surface area contributed by atoms with Crippen molar-refractivity contribution in [2.24, 2.45) is 0 Å². The van der Waals surface area contributed by atoms with Crippen LogP contribution in [0, 0.1) is 6.92 Å². The second-order valence-corrected chi connectivity index (χ2v) is 6.91. The number of ether oxygens (including phenoxy) is 1. The number of carbonyl (C=O) groups is 2. The number of nitrogens with one attached hydrogen (secondary N) is 1. The summed E-state index contributed by atoms with van der Waals surface area (Å²) < 4.78 is 7.22. The first-order chi connectivity index (χ1) is 12.0. The first kappa shape index (κ1) is 17.2. The lowest BCUT2D eigenvalue weighted by Gasteiger charge is -2.19. The topological polar surface area (TPSA) is 86.1 Å². The van der Waals surface area contributed by atoms with E-state index < -0.39 is 0 Å². The number of carbonyl (C=O) groups excluding carboxylic acids is 2. The molecule has 2 heterocycles. The summed E-state index contributed by atoms with van der Waals surface area (Å²) in [5.74, 6) is 1.06. The Morgan fingerprint density at radius 3 is 3.08 bits per heavy atom. The number of anilines is 1. The molecule has 1 aromatic heterocycles. The van der Waals surface area contributed by atoms with Crippen LogP contribution in [0.25, 0.3) is 0 Å². The number of rotatable bonds is 6. The third-order valence-corrected chi connectivity index (χ3v) is 4.84. The van der Waals surface area contributed by atoms with Crippen LogP contribution in [-0.4, -0.2) is 38.3 Å². The number of aromatic nitrogens is 3. The van der Waals surface area contributed by atoms with E-state index >= 15 is 0 Å². The molecule has 8 heteroatoms. The van der Waals surface area contributed by atoms with E-state index in [4.69, 9.17) is 4.74 Å². The highest BCUT2D eigenvalue weighted by Crippen LogP contribution is 2.31. The smallest absolute Gasteiger partial charge is 0.262 e. The van der Waals surface area contributed by atoms with Crippen molar-refractivity contribution in [3.05, 3.63) is 42.2 Å². The zero-order valence-electron chi connectivity index (χ0n) is 14.0. The van der Waals surface area contributed by atoms with Gasteiger partial charge in [-0.2, -0.15) is 0 Å². The highest BCUT2D eigenvalue weighted by Gasteiger charge is 2.23. The summed E-state index contributed by atoms with van der Waals surface area (Å²) in [5.41, 5.74) is 1.03. The number of hydrogen-bond acceptors (Lipinski definition) is 6. The van der Waals surface area contributed by atoms with Crippen LogP contribution in [0.4, 0.5) is 5.69 Å². The molecule has 0 spiro atoms. The molecule has 1 unspecified atom stereocenters. The standard InChI is InChI=1S/C17H18N4O3S/c1-4-7-21-11(3)19-20-17(21)25-10(2)16(23)12-5-6-14-13(8-12)18-15(22)9-24-14/h4-6,8,10H,1,7,9H2,2-3H3,(H,18,22). The Morgan fingerprint density at radius 2 is 2.32 bits per heavy atom. The fraction of sp³-hybridized carbons (Fsp3) is 0.294. The number of Topliss-reactive ketones (excluding diaryl/α,β-unsaturated/α-hetero) is 1. The molecule has 0 bridgehead atoms. The zero-order chi connectivity index (χ0) is 18.0. The molecule has 0 radical (unpaired) electrons. The molecular formula is C17H18N4O3S. The van der Waals surface area contributed by atoms with Crippen LogP contribution in [0.5, 0.6) is 5.75 Å². The van der Waals surface area contributed by atoms with Crippen molar-refractivity contribution in [1.29, 1.82) is 0 Å². The average Bonchev–Trinajstić information content (AvgIpc) is 2.94. The summed E-state index contributed by atoms with van der Waals surface area (Å²) in [6, 6.07) is 5.05. The van der Waals surface area contributed by atoms with Crippen LogP contribution in [0.1, 0.15) is 23.1 Å². The highest BCUT2D eigenvalue weighted by molar-refractivity contribution is 8.00. The van der Waals surface area contributed by atoms with Gasteiger partial charge < -0.3 is 14.6 Å². The van der Waals surface area contributed by atoms with Gasteiger partial charge in [0.15, 0.2) is 17.5 Å². The Hall–Kier alpha value is -2.61. The molecule has 7 nitrogen and oxygen atoms in total. The number of benzene rings is 1. The molecule has 1 amide bonds. The van der Waals surface area contributed by atoms with E-state index in [0.717, 1.165) is 5.82 Å². The summed E-state index contributed by atoms with van der Waals surface area (Å²) in [6.07, 6.45) is 1.76. The molecule has 1 aliphatic rings. The van der Waals surface area contributed by atoms with Crippen molar-refractivity contribution in [3.63, 3.8) is 0 Å². The highest BCUT2D eigenvalue weighted by atomic mass is 32.2. The van der Waals surface area contributed by atoms with Crippen LogP contribution >= 0.6 is 11.8 Å². The lowest BCUT2D eigenvalue weighted by molar-refractivity contribution is -0.118. The number of hydrogen-bond donors (Lipinski definition) is 1. The number of allylic oxidation sites excluding steroid dienone is 1. The van der Waals surface area contributed by atoms with Gasteiger partial charge in [-0.25, -0.2) is 0 Å². The molecule has 1 atom stereocenters. The summed E-state index contributed by atoms with van der Waals surface area (Å²) in [6.45, 7) is 7.99. The van der Waals surface area contributed by atoms with Crippen molar-refractivity contribution in [2.45, 2.75) is 30.8 Å². The second-order valence-electron chi connectivity index (χ2n) is 5.60. The minimum atomic E-state index is -0.356. The van der Waals surface area contributed by atoms with Gasteiger partial charge in [0.2, 0.25) is 0 Å². The van der Waals surface area contributed by atoms with Crippen LogP contribution in [0.15, 0.2) is 36.0 Å². The Kier molecular flexibility index (Phi) is 4.89. The third kappa shape index (κ3) is 3.58. The quantitative estimate of drug-likeness (QED) is 0.485. The molecule has 1 aliphatic heterocycles. The zero-order valence-corrected chi connectivity index (χ0v) is 14.8. The summed E-state index contributed by atoms with van der Waals surface area (Å²) in [4.78, 5) is 24.2. The number of fused-ring (bicyclic) bond motifs is 1. The fourth-order valence-corrected chi connectivity index (χ4v) is 3.45. The molecule has 0 saturated heterocycles. The Labute approximate surface area is 149 Å². The lowest BCUT2D eigenvalue weighted by atomic mass is 10.1. The summed E-state index contributed by atoms with van der Waals surface area (Å²) >= 11 is 1.35. The SMILES string of the molecule is C=CCn1c(C)nnc1SC(C)C(=O)c1ccc2c(c1)NC(=O)CO2. The van der Waals surface area contributed by atoms with Gasteiger partial charge in [-0.15, -0.1) is 16.8 Å². The fourth-order valence-electron chi connectivity index (χ4n) is 2.47. The normalized spacial score (nSPS) is 14.2. The molecule has 0 fully saturated rings. The predicted molar refractivity (Wildman–Crippen MR) is 95.2 cm³/mol. The van der Waals surface area contributed by atoms with E-state index in [0.29, 0.717) is 28.7 Å². The third-order valence-electron chi connectivity index (χ3n) is 3.76. The van der Waals surface area contributed by atoms with E-state index in [1.807, 2.05) is 18.4 Å². The Balaban J connectivity index is 1.78. The molecular weight excluding hydrogens is 340 g/mol. The van der Waals surface area contributed by atoms with Crippen LogP contribution in [-0.2, 0) is 11.3 Å². The van der Waals surface area contributed by atoms with Crippen LogP contribution in [0.2, 0.25) is 0 Å². The molecule has 0 saturated carbocycles. The first-order valence-electron chi connectivity index (χ1n) is 7.78. The van der Waals surface area contributed by atoms with Crippen molar-refractivity contribution in [2.75, 3.05) is 11.9 Å². The molecule has 130 valence electrons. The van der Waals surface area contributed by atoms with Gasteiger partial charge in [0.25, 0.3) is 5.91 Å². The molecule has 0 aliphatic carbocycles. The minimum absolute atomic E-state index is 0.00907. The number of thioether (sulfide) groups is 1. The van der Waals surface area contributed by atoms with Gasteiger partial charge in [0.1, 0.15) is 11.6 Å². The van der Waals surface area contributed by atoms with E-state index in [1.54, 1.807) is 24.3 Å². The predicted octanol–water partition coefficient (Wildman–Crippen LogP) is 2.47. The van der Waals surface area contributed by atoms with Crippen LogP contribution < -0.4 is 10.1 Å². The molecule has 3 rings (SSSR count). The summed E-state index contributed by atoms with van der Waals surface area (Å²) in [5, 5.41) is 11.2. The molecule has 1 aromatic carbocycles. The van der Waals surface area contributed by atoms with Crippen molar-refractivity contribution in [3.8, 4) is 5.75 Å². The van der Waals surface area contributed by atoms with Gasteiger partial charge in [0.05, 0.1) is 10.9 Å². The monoisotopic (exact) mass is 358 g/mol. The Bertz CT molecular complexity index is 846. The summed E-state index contributed by atoms with van der Waals surface area (Å²) in [7, 11) is 0. The van der Waals surface area contributed by atoms with Crippen LogP contribution in [0.3, 0.4) is 0 Å². The largest absolute Gasteiger partial charge is 0.482 e. The maximum atomic E-state index is 12.7. The lowest BCUT2D eigenvalue weighted by Crippen LogP contribution is -2.25. The number of aryl methyl sites for hydroxylation is 1. The van der Waals surface area contributed by atoms with E-state index in [1.165, 1.54) is 11.8 Å².